The van der Waals surface area contributed by atoms with Gasteiger partial charge in [0.15, 0.2) is 11.5 Å². The Morgan fingerprint density at radius 2 is 1.85 bits per heavy atom. The van der Waals surface area contributed by atoms with E-state index in [0.717, 1.165) is 0 Å². The van der Waals surface area contributed by atoms with Crippen molar-refractivity contribution in [1.29, 1.82) is 0 Å². The van der Waals surface area contributed by atoms with E-state index in [1.807, 2.05) is 0 Å². The number of rotatable bonds is 3. The number of nitrogens with zero attached hydrogens (tertiary/aromatic N) is 3. The first kappa shape index (κ1) is 20.2. The zero-order valence-corrected chi connectivity index (χ0v) is 14.9. The van der Waals surface area contributed by atoms with E-state index in [4.69, 9.17) is 9.84 Å². The molecular weight excluding hydrogens is 369 g/mol. The number of carbonyl (C=O) groups excluding carboxylic acids is 1. The van der Waals surface area contributed by atoms with E-state index < -0.39 is 35.1 Å². The molecule has 2 N–H and O–H groups in total. The summed E-state index contributed by atoms with van der Waals surface area (Å²) in [5, 5.41) is 14.8. The normalized spacial score (nSPS) is 12.0. The zero-order chi connectivity index (χ0) is 20.6. The third-order valence-corrected chi connectivity index (χ3v) is 3.17. The number of halogens is 3. The van der Waals surface area contributed by atoms with Crippen LogP contribution in [0.15, 0.2) is 18.3 Å². The van der Waals surface area contributed by atoms with Crippen molar-refractivity contribution in [1.82, 2.24) is 14.8 Å². The first-order valence-electron chi connectivity index (χ1n) is 7.66. The molecule has 2 rings (SSSR count). The summed E-state index contributed by atoms with van der Waals surface area (Å²) >= 11 is 0. The maximum absolute atomic E-state index is 13.4. The van der Waals surface area contributed by atoms with Crippen LogP contribution in [0.25, 0.3) is 5.82 Å². The van der Waals surface area contributed by atoms with Crippen LogP contribution in [0.4, 0.5) is 23.8 Å². The predicted octanol–water partition coefficient (Wildman–Crippen LogP) is 3.64. The van der Waals surface area contributed by atoms with Gasteiger partial charge < -0.3 is 9.84 Å². The van der Waals surface area contributed by atoms with Crippen LogP contribution in [0.5, 0.6) is 0 Å². The van der Waals surface area contributed by atoms with Gasteiger partial charge in [0.05, 0.1) is 6.20 Å². The highest BCUT2D eigenvalue weighted by Crippen LogP contribution is 2.34. The van der Waals surface area contributed by atoms with Crippen LogP contribution >= 0.6 is 0 Å². The molecule has 0 saturated heterocycles. The zero-order valence-electron chi connectivity index (χ0n) is 14.9. The first-order chi connectivity index (χ1) is 12.3. The number of hydrogen-bond acceptors (Lipinski definition) is 5. The highest BCUT2D eigenvalue weighted by atomic mass is 19.4. The molecule has 0 bridgehead atoms. The van der Waals surface area contributed by atoms with Crippen molar-refractivity contribution in [3.8, 4) is 5.82 Å². The van der Waals surface area contributed by atoms with E-state index in [9.17, 15) is 22.8 Å². The number of amides is 1. The van der Waals surface area contributed by atoms with Crippen molar-refractivity contribution in [2.45, 2.75) is 39.5 Å². The Morgan fingerprint density at radius 3 is 2.37 bits per heavy atom. The summed E-state index contributed by atoms with van der Waals surface area (Å²) in [5.41, 5.74) is -2.97. The molecule has 27 heavy (non-hydrogen) atoms. The summed E-state index contributed by atoms with van der Waals surface area (Å²) in [4.78, 5) is 26.9. The van der Waals surface area contributed by atoms with Gasteiger partial charge >= 0.3 is 18.2 Å². The van der Waals surface area contributed by atoms with Crippen LogP contribution in [0, 0.1) is 6.92 Å². The molecule has 0 aromatic carbocycles. The van der Waals surface area contributed by atoms with Crippen LogP contribution in [0.3, 0.4) is 0 Å². The molecule has 0 saturated carbocycles. The van der Waals surface area contributed by atoms with Crippen molar-refractivity contribution < 1.29 is 32.6 Å². The number of anilines is 1. The topological polar surface area (TPSA) is 106 Å². The minimum Gasteiger partial charge on any atom is -0.478 e. The molecule has 0 spiro atoms. The Kier molecular flexibility index (Phi) is 5.16. The van der Waals surface area contributed by atoms with Gasteiger partial charge in [0.1, 0.15) is 17.0 Å². The highest BCUT2D eigenvalue weighted by molar-refractivity contribution is 5.89. The fourth-order valence-electron chi connectivity index (χ4n) is 2.15. The SMILES string of the molecule is Cc1ccc(NC(=O)OC(C)(C)C)nc1-n1ncc(C(=O)O)c1C(F)(F)F. The molecule has 0 aliphatic carbocycles. The number of carboxylic acid groups (broad SMARTS) is 1. The number of carbonyl (C=O) groups is 2. The van der Waals surface area contributed by atoms with E-state index in [2.05, 4.69) is 15.4 Å². The van der Waals surface area contributed by atoms with Gasteiger partial charge in [-0.15, -0.1) is 0 Å². The van der Waals surface area contributed by atoms with Gasteiger partial charge in [0.25, 0.3) is 0 Å². The summed E-state index contributed by atoms with van der Waals surface area (Å²) in [5.74, 6) is -2.12. The molecule has 2 aromatic rings. The lowest BCUT2D eigenvalue weighted by Crippen LogP contribution is -2.27. The lowest BCUT2D eigenvalue weighted by molar-refractivity contribution is -0.143. The van der Waals surface area contributed by atoms with E-state index in [1.165, 1.54) is 19.1 Å². The molecule has 1 amide bonds. The number of nitrogens with one attached hydrogen (secondary N) is 1. The molecular formula is C16H17F3N4O4. The van der Waals surface area contributed by atoms with Gasteiger partial charge in [-0.25, -0.2) is 19.3 Å². The first-order valence-corrected chi connectivity index (χ1v) is 7.66. The van der Waals surface area contributed by atoms with Crippen LogP contribution in [0.1, 0.15) is 42.4 Å². The van der Waals surface area contributed by atoms with Crippen LogP contribution in [-0.2, 0) is 10.9 Å². The summed E-state index contributed by atoms with van der Waals surface area (Å²) in [6.07, 6.45) is -5.22. The summed E-state index contributed by atoms with van der Waals surface area (Å²) in [6.45, 7) is 6.41. The number of hydrogen-bond donors (Lipinski definition) is 2. The molecule has 0 aliphatic rings. The fourth-order valence-corrected chi connectivity index (χ4v) is 2.15. The standard InChI is InChI=1S/C16H17F3N4O4/c1-8-5-6-10(22-14(26)27-15(2,3)4)21-12(8)23-11(16(17,18)19)9(7-20-23)13(24)25/h5-7H,1-4H3,(H,24,25)(H,21,22,26). The third-order valence-electron chi connectivity index (χ3n) is 3.17. The second kappa shape index (κ2) is 6.89. The molecule has 2 heterocycles. The number of aromatic nitrogens is 3. The number of aromatic carboxylic acids is 1. The molecule has 146 valence electrons. The predicted molar refractivity (Wildman–Crippen MR) is 87.9 cm³/mol. The smallest absolute Gasteiger partial charge is 0.434 e. The number of ether oxygens (including phenoxy) is 1. The van der Waals surface area contributed by atoms with Gasteiger partial charge in [-0.3, -0.25) is 5.32 Å². The summed E-state index contributed by atoms with van der Waals surface area (Å²) < 4.78 is 45.6. The van der Waals surface area contributed by atoms with Crippen molar-refractivity contribution in [2.75, 3.05) is 5.32 Å². The fraction of sp³-hybridized carbons (Fsp3) is 0.375. The van der Waals surface area contributed by atoms with Gasteiger partial charge in [0, 0.05) is 0 Å². The van der Waals surface area contributed by atoms with E-state index >= 15 is 0 Å². The van der Waals surface area contributed by atoms with Crippen LogP contribution < -0.4 is 5.32 Å². The molecule has 11 heteroatoms. The van der Waals surface area contributed by atoms with E-state index in [0.29, 0.717) is 10.9 Å². The molecule has 8 nitrogen and oxygen atoms in total. The second-order valence-electron chi connectivity index (χ2n) is 6.59. The van der Waals surface area contributed by atoms with E-state index in [-0.39, 0.29) is 17.2 Å². The summed E-state index contributed by atoms with van der Waals surface area (Å²) in [7, 11) is 0. The van der Waals surface area contributed by atoms with Crippen LogP contribution in [0.2, 0.25) is 0 Å². The maximum Gasteiger partial charge on any atom is 0.434 e. The quantitative estimate of drug-likeness (QED) is 0.834. The molecule has 0 unspecified atom stereocenters. The van der Waals surface area contributed by atoms with Gasteiger partial charge in [-0.2, -0.15) is 18.3 Å². The summed E-state index contributed by atoms with van der Waals surface area (Å²) in [6, 6.07) is 2.79. The Bertz CT molecular complexity index is 885. The minimum atomic E-state index is -4.98. The average Bonchev–Trinajstić information content (AvgIpc) is 2.92. The Hall–Kier alpha value is -3.11. The molecule has 0 fully saturated rings. The monoisotopic (exact) mass is 386 g/mol. The average molecular weight is 386 g/mol. The largest absolute Gasteiger partial charge is 0.478 e. The molecule has 0 radical (unpaired) electrons. The second-order valence-corrected chi connectivity index (χ2v) is 6.59. The Balaban J connectivity index is 2.49. The number of aryl methyl sites for hydroxylation is 1. The number of carboxylic acids is 1. The molecule has 0 aliphatic heterocycles. The molecule has 2 aromatic heterocycles. The lowest BCUT2D eigenvalue weighted by Gasteiger charge is -2.19. The van der Waals surface area contributed by atoms with Crippen molar-refractivity contribution >= 4 is 17.9 Å². The highest BCUT2D eigenvalue weighted by Gasteiger charge is 2.41. The van der Waals surface area contributed by atoms with Gasteiger partial charge in [0.2, 0.25) is 0 Å². The maximum atomic E-state index is 13.4. The number of alkyl halides is 3. The van der Waals surface area contributed by atoms with Gasteiger partial charge in [-0.1, -0.05) is 6.07 Å². The third kappa shape index (κ3) is 4.74. The van der Waals surface area contributed by atoms with Gasteiger partial charge in [-0.05, 0) is 39.3 Å². The minimum absolute atomic E-state index is 0.0784. The van der Waals surface area contributed by atoms with Crippen molar-refractivity contribution in [2.24, 2.45) is 0 Å². The number of pyridine rings is 1. The van der Waals surface area contributed by atoms with Crippen molar-refractivity contribution in [3.63, 3.8) is 0 Å². The molecule has 0 atom stereocenters. The van der Waals surface area contributed by atoms with Crippen molar-refractivity contribution in [3.05, 3.63) is 35.2 Å². The van der Waals surface area contributed by atoms with Crippen LogP contribution in [-0.4, -0.2) is 37.5 Å². The Morgan fingerprint density at radius 1 is 1.22 bits per heavy atom. The van der Waals surface area contributed by atoms with E-state index in [1.54, 1.807) is 20.8 Å². The lowest BCUT2D eigenvalue weighted by atomic mass is 10.2. The Labute approximate surface area is 152 Å².